The Labute approximate surface area is 169 Å². The Bertz CT molecular complexity index is 938. The van der Waals surface area contributed by atoms with Gasteiger partial charge in [0, 0.05) is 36.4 Å². The molecule has 1 saturated heterocycles. The van der Waals surface area contributed by atoms with Crippen molar-refractivity contribution in [3.05, 3.63) is 65.9 Å². The highest BCUT2D eigenvalue weighted by Crippen LogP contribution is 2.22. The summed E-state index contributed by atoms with van der Waals surface area (Å²) in [6.45, 7) is 2.14. The fourth-order valence-corrected chi connectivity index (χ4v) is 3.12. The van der Waals surface area contributed by atoms with E-state index in [0.29, 0.717) is 5.69 Å². The smallest absolute Gasteiger partial charge is 0.335 e. The van der Waals surface area contributed by atoms with Gasteiger partial charge in [-0.2, -0.15) is 5.26 Å². The van der Waals surface area contributed by atoms with Crippen LogP contribution in [0.4, 0.5) is 17.1 Å². The van der Waals surface area contributed by atoms with Crippen LogP contribution in [-0.2, 0) is 4.79 Å². The van der Waals surface area contributed by atoms with Crippen molar-refractivity contribution in [3.8, 4) is 6.07 Å². The number of benzene rings is 2. The minimum Gasteiger partial charge on any atom is -0.478 e. The third kappa shape index (κ3) is 5.36. The molecule has 0 aliphatic carbocycles. The van der Waals surface area contributed by atoms with E-state index in [-0.39, 0.29) is 11.1 Å². The van der Waals surface area contributed by atoms with Crippen LogP contribution < -0.4 is 15.5 Å². The molecule has 3 N–H and O–H groups in total. The van der Waals surface area contributed by atoms with Crippen molar-refractivity contribution in [2.75, 3.05) is 28.6 Å². The summed E-state index contributed by atoms with van der Waals surface area (Å²) in [6.07, 6.45) is 5.06. The highest BCUT2D eigenvalue weighted by molar-refractivity contribution is 6.06. The van der Waals surface area contributed by atoms with Gasteiger partial charge in [0.15, 0.2) is 0 Å². The van der Waals surface area contributed by atoms with Crippen LogP contribution in [0.3, 0.4) is 0 Å². The number of rotatable bonds is 6. The summed E-state index contributed by atoms with van der Waals surface area (Å²) in [6, 6.07) is 15.5. The van der Waals surface area contributed by atoms with Gasteiger partial charge >= 0.3 is 5.97 Å². The van der Waals surface area contributed by atoms with Gasteiger partial charge in [-0.3, -0.25) is 4.79 Å². The Balaban J connectivity index is 1.61. The number of carbonyl (C=O) groups is 2. The van der Waals surface area contributed by atoms with Crippen LogP contribution in [0.5, 0.6) is 0 Å². The first-order chi connectivity index (χ1) is 14.1. The highest BCUT2D eigenvalue weighted by Gasteiger charge is 2.12. The van der Waals surface area contributed by atoms with Gasteiger partial charge in [-0.25, -0.2) is 4.79 Å². The number of carboxylic acid groups (broad SMARTS) is 1. The van der Waals surface area contributed by atoms with E-state index in [2.05, 4.69) is 15.5 Å². The maximum Gasteiger partial charge on any atom is 0.335 e. The van der Waals surface area contributed by atoms with Gasteiger partial charge in [-0.15, -0.1) is 0 Å². The zero-order valence-electron chi connectivity index (χ0n) is 15.9. The zero-order valence-corrected chi connectivity index (χ0v) is 15.9. The topological polar surface area (TPSA) is 105 Å². The second-order valence-electron chi connectivity index (χ2n) is 6.75. The van der Waals surface area contributed by atoms with E-state index in [9.17, 15) is 14.9 Å². The van der Waals surface area contributed by atoms with Gasteiger partial charge in [0.2, 0.25) is 0 Å². The molecule has 1 heterocycles. The van der Waals surface area contributed by atoms with Crippen LogP contribution in [0, 0.1) is 11.3 Å². The third-order valence-corrected chi connectivity index (χ3v) is 4.73. The summed E-state index contributed by atoms with van der Waals surface area (Å²) in [7, 11) is 0. The molecule has 29 heavy (non-hydrogen) atoms. The molecular formula is C22H22N4O3. The van der Waals surface area contributed by atoms with Crippen molar-refractivity contribution >= 4 is 28.9 Å². The van der Waals surface area contributed by atoms with Crippen molar-refractivity contribution in [2.24, 2.45) is 0 Å². The summed E-state index contributed by atoms with van der Waals surface area (Å²) in [4.78, 5) is 25.5. The van der Waals surface area contributed by atoms with Crippen LogP contribution >= 0.6 is 0 Å². The molecule has 1 fully saturated rings. The molecule has 7 heteroatoms. The Morgan fingerprint density at radius 1 is 0.966 bits per heavy atom. The van der Waals surface area contributed by atoms with Gasteiger partial charge in [0.1, 0.15) is 11.6 Å². The second-order valence-corrected chi connectivity index (χ2v) is 6.75. The second kappa shape index (κ2) is 9.42. The van der Waals surface area contributed by atoms with Crippen molar-refractivity contribution in [3.63, 3.8) is 0 Å². The van der Waals surface area contributed by atoms with Gasteiger partial charge in [-0.1, -0.05) is 0 Å². The largest absolute Gasteiger partial charge is 0.478 e. The minimum atomic E-state index is -1.05. The van der Waals surface area contributed by atoms with Gasteiger partial charge in [0.05, 0.1) is 5.56 Å². The molecular weight excluding hydrogens is 368 g/mol. The Morgan fingerprint density at radius 2 is 1.59 bits per heavy atom. The molecule has 1 amide bonds. The van der Waals surface area contributed by atoms with Gasteiger partial charge < -0.3 is 20.6 Å². The van der Waals surface area contributed by atoms with Crippen molar-refractivity contribution in [1.29, 1.82) is 5.26 Å². The number of anilines is 3. The molecule has 0 atom stereocenters. The van der Waals surface area contributed by atoms with Crippen molar-refractivity contribution in [1.82, 2.24) is 0 Å². The number of carboxylic acids is 1. The fraction of sp³-hybridized carbons (Fsp3) is 0.227. The summed E-state index contributed by atoms with van der Waals surface area (Å²) in [5.41, 5.74) is 2.38. The standard InChI is InChI=1S/C22H22N4O3/c23-14-17(21(27)25-19-6-4-16(5-7-19)22(28)29)15-24-18-8-10-20(11-9-18)26-12-2-1-3-13-26/h4-11,15,24H,1-3,12-13H2,(H,25,27)(H,28,29)/b17-15-. The van der Waals surface area contributed by atoms with Crippen LogP contribution in [0.1, 0.15) is 29.6 Å². The first-order valence-electron chi connectivity index (χ1n) is 9.43. The van der Waals surface area contributed by atoms with E-state index in [4.69, 9.17) is 5.11 Å². The lowest BCUT2D eigenvalue weighted by molar-refractivity contribution is -0.112. The predicted molar refractivity (Wildman–Crippen MR) is 112 cm³/mol. The van der Waals surface area contributed by atoms with Crippen LogP contribution in [0.2, 0.25) is 0 Å². The number of hydrogen-bond acceptors (Lipinski definition) is 5. The SMILES string of the molecule is N#C/C(=C/Nc1ccc(N2CCCCC2)cc1)C(=O)Nc1ccc(C(=O)O)cc1. The monoisotopic (exact) mass is 390 g/mol. The number of nitrogens with one attached hydrogen (secondary N) is 2. The predicted octanol–water partition coefficient (Wildman–Crippen LogP) is 3.83. The molecule has 2 aromatic rings. The van der Waals surface area contributed by atoms with E-state index in [0.717, 1.165) is 18.8 Å². The lowest BCUT2D eigenvalue weighted by Gasteiger charge is -2.28. The van der Waals surface area contributed by atoms with Crippen molar-refractivity contribution in [2.45, 2.75) is 19.3 Å². The molecule has 0 spiro atoms. The number of piperidine rings is 1. The molecule has 7 nitrogen and oxygen atoms in total. The summed E-state index contributed by atoms with van der Waals surface area (Å²) < 4.78 is 0. The quantitative estimate of drug-likeness (QED) is 0.511. The number of nitriles is 1. The summed E-state index contributed by atoms with van der Waals surface area (Å²) in [5.74, 6) is -1.62. The van der Waals surface area contributed by atoms with E-state index < -0.39 is 11.9 Å². The molecule has 3 rings (SSSR count). The molecule has 0 aromatic heterocycles. The van der Waals surface area contributed by atoms with E-state index in [1.807, 2.05) is 30.3 Å². The maximum atomic E-state index is 12.3. The Morgan fingerprint density at radius 3 is 2.17 bits per heavy atom. The molecule has 0 saturated carbocycles. The van der Waals surface area contributed by atoms with E-state index in [1.165, 1.54) is 55.4 Å². The molecule has 0 radical (unpaired) electrons. The van der Waals surface area contributed by atoms with Crippen LogP contribution in [0.25, 0.3) is 0 Å². The Hall–Kier alpha value is -3.79. The third-order valence-electron chi connectivity index (χ3n) is 4.73. The van der Waals surface area contributed by atoms with E-state index >= 15 is 0 Å². The average molecular weight is 390 g/mol. The number of amides is 1. The zero-order chi connectivity index (χ0) is 20.6. The molecule has 2 aromatic carbocycles. The molecule has 0 unspecified atom stereocenters. The van der Waals surface area contributed by atoms with Crippen LogP contribution in [-0.4, -0.2) is 30.1 Å². The minimum absolute atomic E-state index is 0.0904. The van der Waals surface area contributed by atoms with Gasteiger partial charge in [0.25, 0.3) is 5.91 Å². The first kappa shape index (κ1) is 20.0. The fourth-order valence-electron chi connectivity index (χ4n) is 3.12. The number of hydrogen-bond donors (Lipinski definition) is 3. The highest BCUT2D eigenvalue weighted by atomic mass is 16.4. The number of aromatic carboxylic acids is 1. The van der Waals surface area contributed by atoms with Crippen molar-refractivity contribution < 1.29 is 14.7 Å². The maximum absolute atomic E-state index is 12.3. The molecule has 0 bridgehead atoms. The normalized spacial score (nSPS) is 14.0. The average Bonchev–Trinajstić information content (AvgIpc) is 2.75. The lowest BCUT2D eigenvalue weighted by Crippen LogP contribution is -2.29. The van der Waals surface area contributed by atoms with Gasteiger partial charge in [-0.05, 0) is 67.8 Å². The number of carbonyl (C=O) groups excluding carboxylic acids is 1. The summed E-state index contributed by atoms with van der Waals surface area (Å²) in [5, 5.41) is 23.7. The molecule has 148 valence electrons. The molecule has 1 aliphatic rings. The lowest BCUT2D eigenvalue weighted by atomic mass is 10.1. The van der Waals surface area contributed by atoms with Crippen LogP contribution in [0.15, 0.2) is 60.3 Å². The van der Waals surface area contributed by atoms with E-state index in [1.54, 1.807) is 0 Å². The number of nitrogens with zero attached hydrogens (tertiary/aromatic N) is 2. The summed E-state index contributed by atoms with van der Waals surface area (Å²) >= 11 is 0. The molecule has 1 aliphatic heterocycles. The Kier molecular flexibility index (Phi) is 6.48. The first-order valence-corrected chi connectivity index (χ1v) is 9.43.